The maximum absolute atomic E-state index is 11.0. The van der Waals surface area contributed by atoms with Crippen molar-refractivity contribution in [3.8, 4) is 0 Å². The van der Waals surface area contributed by atoms with Crippen LogP contribution in [0.2, 0.25) is 5.02 Å². The third-order valence-electron chi connectivity index (χ3n) is 3.80. The van der Waals surface area contributed by atoms with Gasteiger partial charge in [0.05, 0.1) is 4.92 Å². The molecule has 1 aromatic carbocycles. The molecule has 1 N–H and O–H groups in total. The summed E-state index contributed by atoms with van der Waals surface area (Å²) in [5.74, 6) is 0.633. The number of nitro groups is 1. The first kappa shape index (κ1) is 15.2. The van der Waals surface area contributed by atoms with Crippen LogP contribution in [0.15, 0.2) is 18.2 Å². The lowest BCUT2D eigenvalue weighted by molar-refractivity contribution is -0.385. The summed E-state index contributed by atoms with van der Waals surface area (Å²) in [7, 11) is 0. The Hall–Kier alpha value is -1.17. The number of nitro benzene ring substituents is 1. The summed E-state index contributed by atoms with van der Waals surface area (Å²) >= 11 is 5.91. The van der Waals surface area contributed by atoms with Crippen molar-refractivity contribution in [2.24, 2.45) is 5.92 Å². The molecule has 1 saturated heterocycles. The second-order valence-electron chi connectivity index (χ2n) is 5.21. The fraction of sp³-hybridized carbons (Fsp3) is 0.571. The van der Waals surface area contributed by atoms with E-state index in [2.05, 4.69) is 17.1 Å². The summed E-state index contributed by atoms with van der Waals surface area (Å²) < 4.78 is 0. The Morgan fingerprint density at radius 3 is 3.00 bits per heavy atom. The second kappa shape index (κ2) is 7.02. The van der Waals surface area contributed by atoms with Gasteiger partial charge in [-0.2, -0.15) is 0 Å². The first-order valence-electron chi connectivity index (χ1n) is 6.96. The van der Waals surface area contributed by atoms with E-state index in [0.29, 0.717) is 23.0 Å². The van der Waals surface area contributed by atoms with E-state index in [9.17, 15) is 10.1 Å². The second-order valence-corrected chi connectivity index (χ2v) is 5.65. The maximum Gasteiger partial charge on any atom is 0.273 e. The van der Waals surface area contributed by atoms with Crippen molar-refractivity contribution in [2.75, 3.05) is 26.2 Å². The molecular formula is C14H20ClN3O2. The van der Waals surface area contributed by atoms with Crippen LogP contribution >= 0.6 is 11.6 Å². The Balaban J connectivity index is 1.88. The highest BCUT2D eigenvalue weighted by Gasteiger charge is 2.21. The first-order chi connectivity index (χ1) is 9.60. The fourth-order valence-corrected chi connectivity index (χ4v) is 2.85. The molecule has 0 bridgehead atoms. The van der Waals surface area contributed by atoms with Gasteiger partial charge >= 0.3 is 0 Å². The van der Waals surface area contributed by atoms with Crippen molar-refractivity contribution < 1.29 is 4.92 Å². The number of nitrogens with zero attached hydrogens (tertiary/aromatic N) is 2. The van der Waals surface area contributed by atoms with Crippen molar-refractivity contribution in [1.82, 2.24) is 10.2 Å². The van der Waals surface area contributed by atoms with Gasteiger partial charge in [0.25, 0.3) is 5.69 Å². The molecule has 1 atom stereocenters. The number of hydrogen-bond acceptors (Lipinski definition) is 4. The van der Waals surface area contributed by atoms with Gasteiger partial charge in [-0.1, -0.05) is 18.5 Å². The molecule has 1 aliphatic heterocycles. The van der Waals surface area contributed by atoms with Crippen molar-refractivity contribution in [2.45, 2.75) is 19.9 Å². The Kier molecular flexibility index (Phi) is 5.34. The monoisotopic (exact) mass is 297 g/mol. The van der Waals surface area contributed by atoms with Crippen molar-refractivity contribution in [1.29, 1.82) is 0 Å². The molecule has 1 aliphatic rings. The summed E-state index contributed by atoms with van der Waals surface area (Å²) in [6, 6.07) is 4.69. The van der Waals surface area contributed by atoms with Gasteiger partial charge < -0.3 is 10.2 Å². The Morgan fingerprint density at radius 2 is 2.35 bits per heavy atom. The number of rotatable bonds is 6. The number of hydrogen-bond donors (Lipinski definition) is 1. The van der Waals surface area contributed by atoms with E-state index in [0.717, 1.165) is 26.2 Å². The zero-order valence-electron chi connectivity index (χ0n) is 11.6. The Morgan fingerprint density at radius 1 is 1.55 bits per heavy atom. The van der Waals surface area contributed by atoms with Crippen LogP contribution in [0.3, 0.4) is 0 Å². The smallest absolute Gasteiger partial charge is 0.273 e. The van der Waals surface area contributed by atoms with Crippen molar-refractivity contribution in [3.05, 3.63) is 38.9 Å². The highest BCUT2D eigenvalue weighted by molar-refractivity contribution is 6.30. The third-order valence-corrected chi connectivity index (χ3v) is 4.04. The van der Waals surface area contributed by atoms with E-state index < -0.39 is 0 Å². The third kappa shape index (κ3) is 3.91. The van der Waals surface area contributed by atoms with Gasteiger partial charge in [-0.25, -0.2) is 0 Å². The molecule has 0 aliphatic carbocycles. The average molecular weight is 298 g/mol. The Labute approximate surface area is 124 Å². The van der Waals surface area contributed by atoms with Crippen LogP contribution in [0.1, 0.15) is 18.9 Å². The molecule has 110 valence electrons. The fourth-order valence-electron chi connectivity index (χ4n) is 2.65. The van der Waals surface area contributed by atoms with Crippen LogP contribution in [0.25, 0.3) is 0 Å². The van der Waals surface area contributed by atoms with Crippen molar-refractivity contribution >= 4 is 17.3 Å². The SMILES string of the molecule is CCN1CCC(CNCc2cc(Cl)ccc2[N+](=O)[O-])C1. The highest BCUT2D eigenvalue weighted by atomic mass is 35.5. The average Bonchev–Trinajstić information content (AvgIpc) is 2.86. The van der Waals surface area contributed by atoms with Crippen LogP contribution in [-0.4, -0.2) is 36.0 Å². The molecule has 1 heterocycles. The molecular weight excluding hydrogens is 278 g/mol. The lowest BCUT2D eigenvalue weighted by atomic mass is 10.1. The largest absolute Gasteiger partial charge is 0.312 e. The van der Waals surface area contributed by atoms with Crippen LogP contribution < -0.4 is 5.32 Å². The molecule has 6 heteroatoms. The molecule has 20 heavy (non-hydrogen) atoms. The predicted octanol–water partition coefficient (Wildman–Crippen LogP) is 2.68. The molecule has 1 fully saturated rings. The molecule has 0 saturated carbocycles. The number of likely N-dealkylation sites (tertiary alicyclic amines) is 1. The lowest BCUT2D eigenvalue weighted by Gasteiger charge is -2.13. The minimum atomic E-state index is -0.359. The van der Waals surface area contributed by atoms with E-state index in [-0.39, 0.29) is 10.6 Å². The summed E-state index contributed by atoms with van der Waals surface area (Å²) in [6.45, 7) is 6.91. The van der Waals surface area contributed by atoms with Gasteiger partial charge in [0, 0.05) is 29.7 Å². The topological polar surface area (TPSA) is 58.4 Å². The molecule has 0 amide bonds. The zero-order chi connectivity index (χ0) is 14.5. The Bertz CT molecular complexity index is 481. The van der Waals surface area contributed by atoms with E-state index >= 15 is 0 Å². The van der Waals surface area contributed by atoms with Gasteiger partial charge in [-0.3, -0.25) is 10.1 Å². The van der Waals surface area contributed by atoms with Gasteiger partial charge in [-0.05, 0) is 44.1 Å². The van der Waals surface area contributed by atoms with Gasteiger partial charge in [-0.15, -0.1) is 0 Å². The van der Waals surface area contributed by atoms with Crippen LogP contribution in [0.4, 0.5) is 5.69 Å². The first-order valence-corrected chi connectivity index (χ1v) is 7.33. The van der Waals surface area contributed by atoms with E-state index in [1.807, 2.05) is 0 Å². The predicted molar refractivity (Wildman–Crippen MR) is 80.0 cm³/mol. The molecule has 2 rings (SSSR count). The summed E-state index contributed by atoms with van der Waals surface area (Å²) in [5, 5.41) is 14.8. The number of halogens is 1. The van der Waals surface area contributed by atoms with Crippen LogP contribution in [-0.2, 0) is 6.54 Å². The maximum atomic E-state index is 11.0. The molecule has 1 unspecified atom stereocenters. The summed E-state index contributed by atoms with van der Waals surface area (Å²) in [5.41, 5.74) is 0.774. The number of benzene rings is 1. The minimum absolute atomic E-state index is 0.128. The van der Waals surface area contributed by atoms with E-state index in [1.165, 1.54) is 12.5 Å². The van der Waals surface area contributed by atoms with Crippen LogP contribution in [0, 0.1) is 16.0 Å². The van der Waals surface area contributed by atoms with Gasteiger partial charge in [0.1, 0.15) is 0 Å². The van der Waals surface area contributed by atoms with Crippen LogP contribution in [0.5, 0.6) is 0 Å². The standard InChI is InChI=1S/C14H20ClN3O2/c1-2-17-6-5-11(10-17)8-16-9-12-7-13(15)3-4-14(12)18(19)20/h3-4,7,11,16H,2,5-6,8-10H2,1H3. The molecule has 5 nitrogen and oxygen atoms in total. The normalized spacial score (nSPS) is 19.4. The molecule has 0 spiro atoms. The van der Waals surface area contributed by atoms with Crippen molar-refractivity contribution in [3.63, 3.8) is 0 Å². The molecule has 0 aromatic heterocycles. The summed E-state index contributed by atoms with van der Waals surface area (Å²) in [4.78, 5) is 13.0. The van der Waals surface area contributed by atoms with Gasteiger partial charge in [0.2, 0.25) is 0 Å². The quantitative estimate of drug-likeness (QED) is 0.648. The van der Waals surface area contributed by atoms with Gasteiger partial charge in [0.15, 0.2) is 0 Å². The zero-order valence-corrected chi connectivity index (χ0v) is 12.4. The summed E-state index contributed by atoms with van der Waals surface area (Å²) in [6.07, 6.45) is 1.19. The highest BCUT2D eigenvalue weighted by Crippen LogP contribution is 2.23. The molecule has 1 aromatic rings. The molecule has 0 radical (unpaired) electrons. The minimum Gasteiger partial charge on any atom is -0.312 e. The lowest BCUT2D eigenvalue weighted by Crippen LogP contribution is -2.26. The number of nitrogens with one attached hydrogen (secondary N) is 1. The van der Waals surface area contributed by atoms with E-state index in [4.69, 9.17) is 11.6 Å². The van der Waals surface area contributed by atoms with E-state index in [1.54, 1.807) is 12.1 Å².